The Balaban J connectivity index is 2.40. The van der Waals surface area contributed by atoms with Gasteiger partial charge >= 0.3 is 5.97 Å². The van der Waals surface area contributed by atoms with E-state index in [-0.39, 0.29) is 11.8 Å². The van der Waals surface area contributed by atoms with Crippen LogP contribution >= 0.6 is 0 Å². The van der Waals surface area contributed by atoms with Crippen LogP contribution in [0.2, 0.25) is 0 Å². The van der Waals surface area contributed by atoms with Crippen molar-refractivity contribution in [3.05, 3.63) is 29.5 Å². The summed E-state index contributed by atoms with van der Waals surface area (Å²) in [5, 5.41) is 3.37. The first-order valence-electron chi connectivity index (χ1n) is 7.34. The fraction of sp³-hybridized carbons (Fsp3) is 0.412. The minimum absolute atomic E-state index is 0.0978. The maximum atomic E-state index is 12.7. The highest BCUT2D eigenvalue weighted by molar-refractivity contribution is 6.08. The quantitative estimate of drug-likeness (QED) is 0.857. The Morgan fingerprint density at radius 1 is 1.22 bits per heavy atom. The highest BCUT2D eigenvalue weighted by Gasteiger charge is 2.28. The van der Waals surface area contributed by atoms with Crippen LogP contribution in [-0.4, -0.2) is 32.1 Å². The van der Waals surface area contributed by atoms with E-state index in [1.165, 1.54) is 7.11 Å². The van der Waals surface area contributed by atoms with E-state index >= 15 is 0 Å². The molecule has 6 heteroatoms. The van der Waals surface area contributed by atoms with Crippen LogP contribution in [0.3, 0.4) is 0 Å². The van der Waals surface area contributed by atoms with Crippen LogP contribution in [0.1, 0.15) is 30.0 Å². The molecule has 0 saturated heterocycles. The zero-order valence-corrected chi connectivity index (χ0v) is 13.9. The van der Waals surface area contributed by atoms with Crippen LogP contribution in [0.15, 0.2) is 22.6 Å². The van der Waals surface area contributed by atoms with Gasteiger partial charge in [-0.25, -0.2) is 4.79 Å². The fourth-order valence-corrected chi connectivity index (χ4v) is 2.45. The second kappa shape index (κ2) is 6.73. The van der Waals surface area contributed by atoms with Gasteiger partial charge in [-0.15, -0.1) is 0 Å². The summed E-state index contributed by atoms with van der Waals surface area (Å²) in [5.41, 5.74) is 0.987. The molecular formula is C17H21NO5. The van der Waals surface area contributed by atoms with Crippen molar-refractivity contribution in [2.75, 3.05) is 14.2 Å². The second-order valence-corrected chi connectivity index (χ2v) is 5.61. The molecule has 2 rings (SSSR count). The van der Waals surface area contributed by atoms with Gasteiger partial charge in [0.15, 0.2) is 0 Å². The van der Waals surface area contributed by atoms with Crippen molar-refractivity contribution in [3.63, 3.8) is 0 Å². The summed E-state index contributed by atoms with van der Waals surface area (Å²) in [4.78, 5) is 24.5. The molecule has 0 aliphatic rings. The molecule has 1 N–H and O–H groups in total. The second-order valence-electron chi connectivity index (χ2n) is 5.61. The van der Waals surface area contributed by atoms with Crippen molar-refractivity contribution >= 4 is 22.8 Å². The van der Waals surface area contributed by atoms with Gasteiger partial charge in [-0.1, -0.05) is 13.8 Å². The average Bonchev–Trinajstić information content (AvgIpc) is 2.86. The summed E-state index contributed by atoms with van der Waals surface area (Å²) >= 11 is 0. The van der Waals surface area contributed by atoms with E-state index < -0.39 is 12.0 Å². The van der Waals surface area contributed by atoms with E-state index in [0.717, 1.165) is 0 Å². The molecule has 1 aromatic carbocycles. The number of nitrogens with one attached hydrogen (secondary N) is 1. The third-order valence-electron chi connectivity index (χ3n) is 3.71. The van der Waals surface area contributed by atoms with E-state index in [4.69, 9.17) is 13.9 Å². The van der Waals surface area contributed by atoms with Crippen molar-refractivity contribution in [1.82, 2.24) is 5.32 Å². The van der Waals surface area contributed by atoms with Crippen LogP contribution in [-0.2, 0) is 9.53 Å². The molecule has 0 fully saturated rings. The average molecular weight is 319 g/mol. The number of furan rings is 1. The zero-order valence-electron chi connectivity index (χ0n) is 13.9. The largest absolute Gasteiger partial charge is 0.497 e. The van der Waals surface area contributed by atoms with E-state index in [1.807, 2.05) is 13.8 Å². The Kier molecular flexibility index (Phi) is 4.93. The molecule has 0 spiro atoms. The number of rotatable bonds is 5. The lowest BCUT2D eigenvalue weighted by atomic mass is 10.0. The SMILES string of the molecule is COC(=O)C(NC(=O)c1c(C)oc2ccc(OC)cc12)C(C)C. The smallest absolute Gasteiger partial charge is 0.328 e. The van der Waals surface area contributed by atoms with Gasteiger partial charge in [-0.05, 0) is 31.0 Å². The first-order valence-corrected chi connectivity index (χ1v) is 7.34. The van der Waals surface area contributed by atoms with Gasteiger partial charge < -0.3 is 19.2 Å². The highest BCUT2D eigenvalue weighted by Crippen LogP contribution is 2.29. The van der Waals surface area contributed by atoms with Crippen LogP contribution in [0.5, 0.6) is 5.75 Å². The number of ether oxygens (including phenoxy) is 2. The normalized spacial score (nSPS) is 12.3. The Morgan fingerprint density at radius 2 is 1.91 bits per heavy atom. The molecule has 1 atom stereocenters. The number of carbonyl (C=O) groups excluding carboxylic acids is 2. The standard InChI is InChI=1S/C17H21NO5/c1-9(2)15(17(20)22-5)18-16(19)14-10(3)23-13-7-6-11(21-4)8-12(13)14/h6-9,15H,1-5H3,(H,18,19). The van der Waals surface area contributed by atoms with Crippen LogP contribution in [0.25, 0.3) is 11.0 Å². The summed E-state index contributed by atoms with van der Waals surface area (Å²) in [6, 6.07) is 4.53. The third-order valence-corrected chi connectivity index (χ3v) is 3.71. The lowest BCUT2D eigenvalue weighted by Gasteiger charge is -2.19. The number of fused-ring (bicyclic) bond motifs is 1. The molecule has 0 saturated carbocycles. The lowest BCUT2D eigenvalue weighted by molar-refractivity contribution is -0.144. The Hall–Kier alpha value is -2.50. The predicted octanol–water partition coefficient (Wildman–Crippen LogP) is 2.68. The summed E-state index contributed by atoms with van der Waals surface area (Å²) < 4.78 is 15.6. The van der Waals surface area contributed by atoms with Crippen molar-refractivity contribution in [3.8, 4) is 5.75 Å². The number of hydrogen-bond acceptors (Lipinski definition) is 5. The molecule has 1 amide bonds. The monoisotopic (exact) mass is 319 g/mol. The maximum Gasteiger partial charge on any atom is 0.328 e. The van der Waals surface area contributed by atoms with E-state index in [0.29, 0.717) is 28.0 Å². The Morgan fingerprint density at radius 3 is 2.48 bits per heavy atom. The van der Waals surface area contributed by atoms with Gasteiger partial charge in [0.1, 0.15) is 23.1 Å². The number of carbonyl (C=O) groups is 2. The van der Waals surface area contributed by atoms with Crippen molar-refractivity contribution < 1.29 is 23.5 Å². The minimum atomic E-state index is -0.720. The van der Waals surface area contributed by atoms with E-state index in [2.05, 4.69) is 5.32 Å². The molecule has 0 aliphatic heterocycles. The van der Waals surface area contributed by atoms with E-state index in [1.54, 1.807) is 32.2 Å². The van der Waals surface area contributed by atoms with Crippen LogP contribution < -0.4 is 10.1 Å². The number of amides is 1. The molecule has 1 unspecified atom stereocenters. The molecule has 0 aliphatic carbocycles. The van der Waals surface area contributed by atoms with Crippen LogP contribution in [0, 0.1) is 12.8 Å². The topological polar surface area (TPSA) is 77.8 Å². The molecule has 6 nitrogen and oxygen atoms in total. The number of esters is 1. The van der Waals surface area contributed by atoms with Gasteiger partial charge in [-0.3, -0.25) is 4.79 Å². The lowest BCUT2D eigenvalue weighted by Crippen LogP contribution is -2.45. The Bertz CT molecular complexity index is 732. The van der Waals surface area contributed by atoms with Crippen molar-refractivity contribution in [2.24, 2.45) is 5.92 Å². The maximum absolute atomic E-state index is 12.7. The number of benzene rings is 1. The summed E-state index contributed by atoms with van der Waals surface area (Å²) in [7, 11) is 2.85. The van der Waals surface area contributed by atoms with Crippen molar-refractivity contribution in [2.45, 2.75) is 26.8 Å². The molecular weight excluding hydrogens is 298 g/mol. The number of hydrogen-bond donors (Lipinski definition) is 1. The molecule has 0 radical (unpaired) electrons. The first kappa shape index (κ1) is 16.9. The molecule has 1 heterocycles. The zero-order chi connectivity index (χ0) is 17.1. The van der Waals surface area contributed by atoms with Gasteiger partial charge in [0.2, 0.25) is 0 Å². The molecule has 124 valence electrons. The van der Waals surface area contributed by atoms with Gasteiger partial charge in [0, 0.05) is 5.39 Å². The highest BCUT2D eigenvalue weighted by atomic mass is 16.5. The van der Waals surface area contributed by atoms with Crippen LogP contribution in [0.4, 0.5) is 0 Å². The number of aryl methyl sites for hydroxylation is 1. The summed E-state index contributed by atoms with van der Waals surface area (Å²) in [5.74, 6) is 0.160. The molecule has 23 heavy (non-hydrogen) atoms. The van der Waals surface area contributed by atoms with Crippen molar-refractivity contribution in [1.29, 1.82) is 0 Å². The fourth-order valence-electron chi connectivity index (χ4n) is 2.45. The van der Waals surface area contributed by atoms with Gasteiger partial charge in [0.25, 0.3) is 5.91 Å². The third kappa shape index (κ3) is 3.31. The summed E-state index contributed by atoms with van der Waals surface area (Å²) in [6.45, 7) is 5.39. The van der Waals surface area contributed by atoms with Gasteiger partial charge in [0.05, 0.1) is 19.8 Å². The molecule has 0 bridgehead atoms. The van der Waals surface area contributed by atoms with E-state index in [9.17, 15) is 9.59 Å². The molecule has 2 aromatic rings. The minimum Gasteiger partial charge on any atom is -0.497 e. The number of methoxy groups -OCH3 is 2. The predicted molar refractivity (Wildman–Crippen MR) is 85.6 cm³/mol. The molecule has 1 aromatic heterocycles. The first-order chi connectivity index (χ1) is 10.9. The summed E-state index contributed by atoms with van der Waals surface area (Å²) in [6.07, 6.45) is 0. The van der Waals surface area contributed by atoms with Gasteiger partial charge in [-0.2, -0.15) is 0 Å². The Labute approximate surface area is 134 Å².